The number of nitrogens with one attached hydrogen (secondary N) is 2. The van der Waals surface area contributed by atoms with Gasteiger partial charge in [-0.1, -0.05) is 0 Å². The zero-order chi connectivity index (χ0) is 26.6. The summed E-state index contributed by atoms with van der Waals surface area (Å²) in [6.45, 7) is -0.448. The van der Waals surface area contributed by atoms with Crippen molar-refractivity contribution in [1.82, 2.24) is 10.3 Å². The van der Waals surface area contributed by atoms with Crippen LogP contribution in [0, 0.1) is 11.6 Å². The number of amides is 2. The van der Waals surface area contributed by atoms with Crippen LogP contribution in [0.4, 0.5) is 14.5 Å². The minimum Gasteiger partial charge on any atom is -0.487 e. The van der Waals surface area contributed by atoms with Crippen molar-refractivity contribution in [2.24, 2.45) is 0 Å². The molecular formula is C28H27F2N3O5. The molecule has 198 valence electrons. The summed E-state index contributed by atoms with van der Waals surface area (Å²) in [4.78, 5) is 29.1. The number of aliphatic hydroxyl groups excluding tert-OH is 1. The largest absolute Gasteiger partial charge is 0.487 e. The molecule has 10 heteroatoms. The summed E-state index contributed by atoms with van der Waals surface area (Å²) < 4.78 is 39.3. The van der Waals surface area contributed by atoms with Gasteiger partial charge in [0.2, 0.25) is 11.8 Å². The Labute approximate surface area is 218 Å². The standard InChI is InChI=1S/C28H27F2N3O5/c29-18-1-3-23(30)17(10-18)14-32-26(35)13-20-12-22-21-11-19(33-27(36)9-16-5-7-31-8-6-16)2-4-24(21)38-28(22)25(15-34)37-20/h1-8,10-11,20,22,25,28,34H,9,12-15H2,(H,32,35)(H,33,36)/t20-,22+,25-,28-/m0/s1. The van der Waals surface area contributed by atoms with Crippen LogP contribution < -0.4 is 15.4 Å². The number of hydrogen-bond acceptors (Lipinski definition) is 6. The molecule has 2 aliphatic heterocycles. The normalized spacial score (nSPS) is 21.7. The summed E-state index contributed by atoms with van der Waals surface area (Å²) >= 11 is 0. The SMILES string of the molecule is O=C(C[C@@H]1C[C@@H]2c3cc(NC(=O)Cc4ccncc4)ccc3O[C@@H]2[C@H](CO)O1)NCc1cc(F)ccc1F. The highest BCUT2D eigenvalue weighted by Gasteiger charge is 2.46. The van der Waals surface area contributed by atoms with Gasteiger partial charge in [-0.25, -0.2) is 8.78 Å². The third-order valence-corrected chi connectivity index (χ3v) is 6.79. The van der Waals surface area contributed by atoms with Crippen molar-refractivity contribution in [2.45, 2.75) is 50.0 Å². The fourth-order valence-corrected chi connectivity index (χ4v) is 5.01. The Kier molecular flexibility index (Phi) is 7.62. The van der Waals surface area contributed by atoms with Crippen molar-refractivity contribution in [3.8, 4) is 5.75 Å². The minimum absolute atomic E-state index is 0.0195. The highest BCUT2D eigenvalue weighted by Crippen LogP contribution is 2.47. The van der Waals surface area contributed by atoms with E-state index in [0.717, 1.165) is 29.3 Å². The average Bonchev–Trinajstić information content (AvgIpc) is 3.27. The summed E-state index contributed by atoms with van der Waals surface area (Å²) in [5.74, 6) is -1.27. The lowest BCUT2D eigenvalue weighted by Gasteiger charge is -2.37. The lowest BCUT2D eigenvalue weighted by Crippen LogP contribution is -2.47. The Morgan fingerprint density at radius 3 is 2.66 bits per heavy atom. The molecule has 0 saturated carbocycles. The molecule has 3 N–H and O–H groups in total. The number of pyridine rings is 1. The third kappa shape index (κ3) is 5.81. The van der Waals surface area contributed by atoms with Gasteiger partial charge in [-0.2, -0.15) is 0 Å². The number of rotatable bonds is 8. The molecule has 3 aromatic rings. The van der Waals surface area contributed by atoms with Crippen LogP contribution in [0.1, 0.15) is 35.4 Å². The lowest BCUT2D eigenvalue weighted by atomic mass is 9.84. The maximum atomic E-state index is 13.9. The van der Waals surface area contributed by atoms with Crippen LogP contribution in [0.2, 0.25) is 0 Å². The van der Waals surface area contributed by atoms with E-state index >= 15 is 0 Å². The van der Waals surface area contributed by atoms with Crippen molar-refractivity contribution < 1.29 is 33.0 Å². The summed E-state index contributed by atoms with van der Waals surface area (Å²) in [6, 6.07) is 12.0. The van der Waals surface area contributed by atoms with Gasteiger partial charge in [0.25, 0.3) is 0 Å². The van der Waals surface area contributed by atoms with Crippen molar-refractivity contribution >= 4 is 17.5 Å². The lowest BCUT2D eigenvalue weighted by molar-refractivity contribution is -0.142. The second kappa shape index (κ2) is 11.2. The highest BCUT2D eigenvalue weighted by atomic mass is 19.1. The number of aromatic nitrogens is 1. The average molecular weight is 524 g/mol. The number of hydrogen-bond donors (Lipinski definition) is 3. The molecule has 0 spiro atoms. The van der Waals surface area contributed by atoms with E-state index in [1.165, 1.54) is 0 Å². The topological polar surface area (TPSA) is 110 Å². The van der Waals surface area contributed by atoms with E-state index in [9.17, 15) is 23.5 Å². The molecule has 3 heterocycles. The molecule has 2 aliphatic rings. The number of halogens is 2. The van der Waals surface area contributed by atoms with Gasteiger partial charge >= 0.3 is 0 Å². The molecule has 0 aliphatic carbocycles. The molecule has 1 aromatic heterocycles. The quantitative estimate of drug-likeness (QED) is 0.418. The summed E-state index contributed by atoms with van der Waals surface area (Å²) in [5, 5.41) is 15.5. The molecule has 8 nitrogen and oxygen atoms in total. The van der Waals surface area contributed by atoms with Gasteiger partial charge in [0, 0.05) is 41.7 Å². The number of carbonyl (C=O) groups excluding carboxylic acids is 2. The van der Waals surface area contributed by atoms with Crippen LogP contribution in [0.15, 0.2) is 60.9 Å². The molecule has 0 radical (unpaired) electrons. The van der Waals surface area contributed by atoms with Crippen LogP contribution in [0.5, 0.6) is 5.75 Å². The van der Waals surface area contributed by atoms with Gasteiger partial charge in [0.1, 0.15) is 29.6 Å². The Morgan fingerprint density at radius 2 is 1.87 bits per heavy atom. The second-order valence-corrected chi connectivity index (χ2v) is 9.45. The molecule has 38 heavy (non-hydrogen) atoms. The molecule has 2 aromatic carbocycles. The van der Waals surface area contributed by atoms with Gasteiger partial charge in [-0.15, -0.1) is 0 Å². The summed E-state index contributed by atoms with van der Waals surface area (Å²) in [6.07, 6.45) is 2.30. The number of benzene rings is 2. The molecule has 0 unspecified atom stereocenters. The fraction of sp³-hybridized carbons (Fsp3) is 0.321. The van der Waals surface area contributed by atoms with Crippen LogP contribution in [0.25, 0.3) is 0 Å². The Hall–Kier alpha value is -3.89. The maximum absolute atomic E-state index is 13.9. The number of anilines is 1. The van der Waals surface area contributed by atoms with Crippen LogP contribution in [-0.4, -0.2) is 46.8 Å². The number of ether oxygens (including phenoxy) is 2. The minimum atomic E-state index is -0.649. The Morgan fingerprint density at radius 1 is 1.05 bits per heavy atom. The molecule has 1 fully saturated rings. The van der Waals surface area contributed by atoms with Gasteiger partial charge in [-0.3, -0.25) is 14.6 Å². The van der Waals surface area contributed by atoms with Crippen LogP contribution in [-0.2, 0) is 27.3 Å². The second-order valence-electron chi connectivity index (χ2n) is 9.45. The van der Waals surface area contributed by atoms with E-state index in [0.29, 0.717) is 17.9 Å². The molecule has 4 atom stereocenters. The molecule has 5 rings (SSSR count). The Balaban J connectivity index is 1.23. The number of carbonyl (C=O) groups is 2. The van der Waals surface area contributed by atoms with Crippen molar-refractivity contribution in [3.05, 3.63) is 89.2 Å². The first-order valence-corrected chi connectivity index (χ1v) is 12.4. The van der Waals surface area contributed by atoms with E-state index in [1.807, 2.05) is 6.07 Å². The van der Waals surface area contributed by atoms with Gasteiger partial charge in [0.15, 0.2) is 0 Å². The van der Waals surface area contributed by atoms with E-state index < -0.39 is 29.9 Å². The zero-order valence-electron chi connectivity index (χ0n) is 20.4. The third-order valence-electron chi connectivity index (χ3n) is 6.79. The fourth-order valence-electron chi connectivity index (χ4n) is 5.01. The smallest absolute Gasteiger partial charge is 0.228 e. The molecular weight excluding hydrogens is 496 g/mol. The van der Waals surface area contributed by atoms with Gasteiger partial charge < -0.3 is 25.2 Å². The zero-order valence-corrected chi connectivity index (χ0v) is 20.4. The molecule has 0 bridgehead atoms. The predicted molar refractivity (Wildman–Crippen MR) is 133 cm³/mol. The van der Waals surface area contributed by atoms with E-state index in [-0.39, 0.29) is 49.3 Å². The summed E-state index contributed by atoms with van der Waals surface area (Å²) in [5.41, 5.74) is 2.38. The van der Waals surface area contributed by atoms with Gasteiger partial charge in [-0.05, 0) is 60.5 Å². The van der Waals surface area contributed by atoms with Crippen molar-refractivity contribution in [3.63, 3.8) is 0 Å². The van der Waals surface area contributed by atoms with E-state index in [4.69, 9.17) is 9.47 Å². The monoisotopic (exact) mass is 523 g/mol. The molecule has 2 amide bonds. The number of fused-ring (bicyclic) bond motifs is 3. The summed E-state index contributed by atoms with van der Waals surface area (Å²) in [7, 11) is 0. The van der Waals surface area contributed by atoms with Crippen molar-refractivity contribution in [2.75, 3.05) is 11.9 Å². The van der Waals surface area contributed by atoms with E-state index in [1.54, 1.807) is 36.7 Å². The molecule has 1 saturated heterocycles. The Bertz CT molecular complexity index is 1320. The highest BCUT2D eigenvalue weighted by molar-refractivity contribution is 5.92. The number of aliphatic hydroxyl groups is 1. The first-order valence-electron chi connectivity index (χ1n) is 12.4. The first kappa shape index (κ1) is 25.7. The van der Waals surface area contributed by atoms with E-state index in [2.05, 4.69) is 15.6 Å². The van der Waals surface area contributed by atoms with Crippen molar-refractivity contribution in [1.29, 1.82) is 0 Å². The predicted octanol–water partition coefficient (Wildman–Crippen LogP) is 3.24. The van der Waals surface area contributed by atoms with Gasteiger partial charge in [0.05, 0.1) is 25.6 Å². The van der Waals surface area contributed by atoms with Crippen LogP contribution in [0.3, 0.4) is 0 Å². The number of nitrogens with zero attached hydrogens (tertiary/aromatic N) is 1. The maximum Gasteiger partial charge on any atom is 0.228 e. The van der Waals surface area contributed by atoms with Crippen LogP contribution >= 0.6 is 0 Å². The first-order chi connectivity index (χ1) is 18.4.